The van der Waals surface area contributed by atoms with E-state index in [-0.39, 0.29) is 11.9 Å². The van der Waals surface area contributed by atoms with Crippen molar-refractivity contribution in [1.82, 2.24) is 15.1 Å². The van der Waals surface area contributed by atoms with Crippen LogP contribution in [-0.2, 0) is 17.8 Å². The topological polar surface area (TPSA) is 72.9 Å². The first kappa shape index (κ1) is 13.1. The number of nitrogens with zero attached hydrogens (tertiary/aromatic N) is 2. The van der Waals surface area contributed by atoms with Gasteiger partial charge in [0.1, 0.15) is 0 Å². The monoisotopic (exact) mass is 258 g/mol. The molecule has 19 heavy (non-hydrogen) atoms. The molecule has 0 aliphatic heterocycles. The van der Waals surface area contributed by atoms with Crippen LogP contribution >= 0.6 is 0 Å². The van der Waals surface area contributed by atoms with Gasteiger partial charge in [-0.05, 0) is 30.7 Å². The van der Waals surface area contributed by atoms with E-state index in [1.165, 1.54) is 0 Å². The highest BCUT2D eigenvalue weighted by molar-refractivity contribution is 5.78. The molecule has 1 aromatic heterocycles. The number of carbonyl (C=O) groups excluding carboxylic acids is 1. The van der Waals surface area contributed by atoms with Crippen molar-refractivity contribution < 1.29 is 4.79 Å². The van der Waals surface area contributed by atoms with Gasteiger partial charge in [0.15, 0.2) is 0 Å². The molecule has 0 saturated carbocycles. The van der Waals surface area contributed by atoms with Gasteiger partial charge in [-0.3, -0.25) is 9.48 Å². The van der Waals surface area contributed by atoms with Crippen LogP contribution in [0.3, 0.4) is 0 Å². The number of nitrogen functional groups attached to an aromatic ring is 1. The number of nitrogens with one attached hydrogen (secondary N) is 1. The fraction of sp³-hybridized carbons (Fsp3) is 0.286. The van der Waals surface area contributed by atoms with Crippen LogP contribution in [0.1, 0.15) is 12.5 Å². The second-order valence-corrected chi connectivity index (χ2v) is 4.62. The van der Waals surface area contributed by atoms with E-state index in [9.17, 15) is 4.79 Å². The predicted octanol–water partition coefficient (Wildman–Crippen LogP) is 1.21. The number of nitrogens with two attached hydrogens (primary N) is 1. The second-order valence-electron chi connectivity index (χ2n) is 4.62. The summed E-state index contributed by atoms with van der Waals surface area (Å²) in [5.41, 5.74) is 7.26. The van der Waals surface area contributed by atoms with Crippen LogP contribution in [0.5, 0.6) is 0 Å². The Morgan fingerprint density at radius 2 is 2.16 bits per heavy atom. The summed E-state index contributed by atoms with van der Waals surface area (Å²) < 4.78 is 1.80. The molecule has 0 aliphatic rings. The van der Waals surface area contributed by atoms with Crippen molar-refractivity contribution in [3.05, 3.63) is 48.3 Å². The lowest BCUT2D eigenvalue weighted by molar-refractivity contribution is -0.121. The Hall–Kier alpha value is -2.30. The van der Waals surface area contributed by atoms with E-state index in [0.717, 1.165) is 5.56 Å². The van der Waals surface area contributed by atoms with Gasteiger partial charge in [0, 0.05) is 24.1 Å². The molecule has 1 unspecified atom stereocenters. The molecule has 0 fully saturated rings. The molecule has 1 heterocycles. The van der Waals surface area contributed by atoms with Crippen molar-refractivity contribution in [3.8, 4) is 0 Å². The molecule has 0 radical (unpaired) electrons. The van der Waals surface area contributed by atoms with E-state index >= 15 is 0 Å². The van der Waals surface area contributed by atoms with E-state index in [1.807, 2.05) is 31.3 Å². The number of carbonyl (C=O) groups is 1. The Kier molecular flexibility index (Phi) is 4.18. The van der Waals surface area contributed by atoms with Gasteiger partial charge in [0.25, 0.3) is 0 Å². The molecule has 2 rings (SSSR count). The molecule has 0 aliphatic carbocycles. The van der Waals surface area contributed by atoms with Crippen molar-refractivity contribution in [3.63, 3.8) is 0 Å². The summed E-state index contributed by atoms with van der Waals surface area (Å²) >= 11 is 0. The second kappa shape index (κ2) is 6.04. The molecule has 3 N–H and O–H groups in total. The SMILES string of the molecule is CC(Cn1cccn1)NC(=O)Cc1ccc(N)cc1. The van der Waals surface area contributed by atoms with Crippen LogP contribution in [0, 0.1) is 0 Å². The molecule has 2 aromatic rings. The summed E-state index contributed by atoms with van der Waals surface area (Å²) in [7, 11) is 0. The van der Waals surface area contributed by atoms with Crippen LogP contribution < -0.4 is 11.1 Å². The van der Waals surface area contributed by atoms with E-state index in [0.29, 0.717) is 18.7 Å². The Morgan fingerprint density at radius 1 is 1.42 bits per heavy atom. The molecule has 1 aromatic carbocycles. The first-order valence-corrected chi connectivity index (χ1v) is 6.24. The van der Waals surface area contributed by atoms with E-state index < -0.39 is 0 Å². The van der Waals surface area contributed by atoms with Crippen LogP contribution in [0.15, 0.2) is 42.7 Å². The van der Waals surface area contributed by atoms with Crippen molar-refractivity contribution in [1.29, 1.82) is 0 Å². The fourth-order valence-corrected chi connectivity index (χ4v) is 1.88. The zero-order valence-electron chi connectivity index (χ0n) is 10.9. The van der Waals surface area contributed by atoms with Crippen LogP contribution in [0.2, 0.25) is 0 Å². The minimum atomic E-state index is 0.00410. The zero-order chi connectivity index (χ0) is 13.7. The minimum Gasteiger partial charge on any atom is -0.399 e. The van der Waals surface area contributed by atoms with Crippen LogP contribution in [-0.4, -0.2) is 21.7 Å². The maximum atomic E-state index is 11.9. The number of rotatable bonds is 5. The first-order valence-electron chi connectivity index (χ1n) is 6.24. The smallest absolute Gasteiger partial charge is 0.224 e. The summed E-state index contributed by atoms with van der Waals surface area (Å²) in [5, 5.41) is 7.06. The van der Waals surface area contributed by atoms with Crippen LogP contribution in [0.25, 0.3) is 0 Å². The highest BCUT2D eigenvalue weighted by Gasteiger charge is 2.08. The Balaban J connectivity index is 1.82. The van der Waals surface area contributed by atoms with Crippen molar-refractivity contribution in [2.45, 2.75) is 25.9 Å². The third-order valence-corrected chi connectivity index (χ3v) is 2.77. The Bertz CT molecular complexity index is 519. The van der Waals surface area contributed by atoms with Crippen molar-refractivity contribution >= 4 is 11.6 Å². The number of anilines is 1. The van der Waals surface area contributed by atoms with Gasteiger partial charge in [0.2, 0.25) is 5.91 Å². The fourth-order valence-electron chi connectivity index (χ4n) is 1.88. The third kappa shape index (κ3) is 4.13. The summed E-state index contributed by atoms with van der Waals surface area (Å²) in [6, 6.07) is 9.25. The quantitative estimate of drug-likeness (QED) is 0.792. The van der Waals surface area contributed by atoms with Gasteiger partial charge in [-0.25, -0.2) is 0 Å². The summed E-state index contributed by atoms with van der Waals surface area (Å²) in [6.45, 7) is 2.63. The summed E-state index contributed by atoms with van der Waals surface area (Å²) in [5.74, 6) is 0.00410. The number of aromatic nitrogens is 2. The maximum Gasteiger partial charge on any atom is 0.224 e. The molecule has 5 nitrogen and oxygen atoms in total. The number of benzene rings is 1. The summed E-state index contributed by atoms with van der Waals surface area (Å²) in [6.07, 6.45) is 3.97. The van der Waals surface area contributed by atoms with Gasteiger partial charge in [-0.15, -0.1) is 0 Å². The molecule has 1 atom stereocenters. The van der Waals surface area contributed by atoms with E-state index in [1.54, 1.807) is 23.0 Å². The van der Waals surface area contributed by atoms with Gasteiger partial charge < -0.3 is 11.1 Å². The third-order valence-electron chi connectivity index (χ3n) is 2.77. The number of amides is 1. The molecule has 0 bridgehead atoms. The highest BCUT2D eigenvalue weighted by atomic mass is 16.1. The van der Waals surface area contributed by atoms with Gasteiger partial charge >= 0.3 is 0 Å². The Morgan fingerprint density at radius 3 is 2.79 bits per heavy atom. The number of hydrogen-bond donors (Lipinski definition) is 2. The van der Waals surface area contributed by atoms with Gasteiger partial charge in [-0.2, -0.15) is 5.10 Å². The molecule has 100 valence electrons. The lowest BCUT2D eigenvalue weighted by atomic mass is 10.1. The highest BCUT2D eigenvalue weighted by Crippen LogP contribution is 2.06. The van der Waals surface area contributed by atoms with Gasteiger partial charge in [-0.1, -0.05) is 12.1 Å². The Labute approximate surface area is 112 Å². The van der Waals surface area contributed by atoms with Crippen molar-refractivity contribution in [2.75, 3.05) is 5.73 Å². The standard InChI is InChI=1S/C14H18N4O/c1-11(10-18-8-2-7-16-18)17-14(19)9-12-3-5-13(15)6-4-12/h2-8,11H,9-10,15H2,1H3,(H,17,19). The predicted molar refractivity (Wildman–Crippen MR) is 74.4 cm³/mol. The number of hydrogen-bond acceptors (Lipinski definition) is 3. The molecular formula is C14H18N4O. The summed E-state index contributed by atoms with van der Waals surface area (Å²) in [4.78, 5) is 11.9. The first-order chi connectivity index (χ1) is 9.13. The molecule has 0 saturated heterocycles. The van der Waals surface area contributed by atoms with Crippen LogP contribution in [0.4, 0.5) is 5.69 Å². The molecule has 1 amide bonds. The van der Waals surface area contributed by atoms with Gasteiger partial charge in [0.05, 0.1) is 13.0 Å². The van der Waals surface area contributed by atoms with E-state index in [4.69, 9.17) is 5.73 Å². The maximum absolute atomic E-state index is 11.9. The lowest BCUT2D eigenvalue weighted by Crippen LogP contribution is -2.36. The lowest BCUT2D eigenvalue weighted by Gasteiger charge is -2.14. The molecule has 5 heteroatoms. The molecule has 0 spiro atoms. The average molecular weight is 258 g/mol. The van der Waals surface area contributed by atoms with Crippen molar-refractivity contribution in [2.24, 2.45) is 0 Å². The molecular weight excluding hydrogens is 240 g/mol. The zero-order valence-corrected chi connectivity index (χ0v) is 10.9. The largest absolute Gasteiger partial charge is 0.399 e. The minimum absolute atomic E-state index is 0.00410. The normalized spacial score (nSPS) is 12.1. The van der Waals surface area contributed by atoms with E-state index in [2.05, 4.69) is 10.4 Å². The average Bonchev–Trinajstić information content (AvgIpc) is 2.84.